The van der Waals surface area contributed by atoms with E-state index >= 15 is 0 Å². The number of likely N-dealkylation sites (tertiary alicyclic amines) is 1. The van der Waals surface area contributed by atoms with Gasteiger partial charge in [0, 0.05) is 31.6 Å². The van der Waals surface area contributed by atoms with Crippen molar-refractivity contribution in [3.05, 3.63) is 24.3 Å². The van der Waals surface area contributed by atoms with Crippen LogP contribution in [-0.2, 0) is 14.8 Å². The number of nitrogens with one attached hydrogen (secondary N) is 1. The molecule has 0 atom stereocenters. The first-order chi connectivity index (χ1) is 11.5. The summed E-state index contributed by atoms with van der Waals surface area (Å²) in [6.07, 6.45) is 5.57. The van der Waals surface area contributed by atoms with Gasteiger partial charge in [-0.2, -0.15) is 8.42 Å². The molecule has 1 aromatic carbocycles. The smallest absolute Gasteiger partial charge is 0.284 e. The maximum atomic E-state index is 12.5. The van der Waals surface area contributed by atoms with Gasteiger partial charge in [-0.1, -0.05) is 18.9 Å². The molecule has 0 bridgehead atoms. The highest BCUT2D eigenvalue weighted by Gasteiger charge is 2.24. The first-order valence-corrected chi connectivity index (χ1v) is 9.85. The number of anilines is 1. The zero-order valence-electron chi connectivity index (χ0n) is 13.9. The van der Waals surface area contributed by atoms with Crippen LogP contribution in [0.3, 0.4) is 0 Å². The average Bonchev–Trinajstić information content (AvgIpc) is 3.20. The molecule has 1 aliphatic heterocycles. The molecule has 2 fully saturated rings. The lowest BCUT2D eigenvalue weighted by atomic mass is 10.1. The summed E-state index contributed by atoms with van der Waals surface area (Å²) in [5.74, 6) is 0.608. The number of benzene rings is 1. The van der Waals surface area contributed by atoms with Gasteiger partial charge in [-0.3, -0.25) is 4.79 Å². The van der Waals surface area contributed by atoms with E-state index in [9.17, 15) is 13.2 Å². The molecule has 130 valence electrons. The molecular formula is C17H23N3O3S. The van der Waals surface area contributed by atoms with Crippen molar-refractivity contribution < 1.29 is 13.2 Å². The summed E-state index contributed by atoms with van der Waals surface area (Å²) in [7, 11) is -1.91. The average molecular weight is 349 g/mol. The van der Waals surface area contributed by atoms with Crippen LogP contribution in [-0.4, -0.2) is 38.7 Å². The number of hydrogen-bond donors (Lipinski definition) is 1. The Morgan fingerprint density at radius 3 is 2.67 bits per heavy atom. The molecular weight excluding hydrogens is 326 g/mol. The first-order valence-electron chi connectivity index (χ1n) is 8.41. The Labute approximate surface area is 143 Å². The van der Waals surface area contributed by atoms with Gasteiger partial charge in [0.05, 0.1) is 4.90 Å². The van der Waals surface area contributed by atoms with E-state index in [1.165, 1.54) is 12.1 Å². The number of hydrogen-bond acceptors (Lipinski definition) is 3. The van der Waals surface area contributed by atoms with Crippen molar-refractivity contribution in [3.63, 3.8) is 0 Å². The van der Waals surface area contributed by atoms with Crippen molar-refractivity contribution in [3.8, 4) is 0 Å². The normalized spacial score (nSPS) is 20.7. The highest BCUT2D eigenvalue weighted by Crippen LogP contribution is 2.26. The number of nitrogens with zero attached hydrogens (tertiary/aromatic N) is 2. The number of rotatable bonds is 4. The van der Waals surface area contributed by atoms with Crippen LogP contribution in [0.15, 0.2) is 33.6 Å². The minimum Gasteiger partial charge on any atom is -0.362 e. The summed E-state index contributed by atoms with van der Waals surface area (Å²) in [6.45, 7) is 0.825. The van der Waals surface area contributed by atoms with Gasteiger partial charge < -0.3 is 10.2 Å². The Balaban J connectivity index is 1.78. The van der Waals surface area contributed by atoms with E-state index in [-0.39, 0.29) is 16.7 Å². The van der Waals surface area contributed by atoms with E-state index < -0.39 is 10.0 Å². The predicted molar refractivity (Wildman–Crippen MR) is 93.5 cm³/mol. The largest absolute Gasteiger partial charge is 0.362 e. The van der Waals surface area contributed by atoms with Crippen LogP contribution in [0.1, 0.15) is 38.5 Å². The molecule has 1 saturated heterocycles. The van der Waals surface area contributed by atoms with Crippen LogP contribution in [0.5, 0.6) is 0 Å². The standard InChI is InChI=1S/C17H23N3O3S/c1-20-11-5-10-16(20)19-24(22,23)15-9-4-8-14(12-15)18-17(21)13-6-2-3-7-13/h4,8-9,12-13H,2-3,5-7,10-11H2,1H3,(H,18,21). The number of sulfonamides is 1. The fourth-order valence-corrected chi connectivity index (χ4v) is 4.41. The van der Waals surface area contributed by atoms with Gasteiger partial charge in [0.25, 0.3) is 10.0 Å². The van der Waals surface area contributed by atoms with Crippen molar-refractivity contribution >= 4 is 27.5 Å². The van der Waals surface area contributed by atoms with E-state index in [1.807, 2.05) is 11.9 Å². The molecule has 0 unspecified atom stereocenters. The first kappa shape index (κ1) is 17.0. The molecule has 3 rings (SSSR count). The van der Waals surface area contributed by atoms with Gasteiger partial charge in [0.1, 0.15) is 5.84 Å². The summed E-state index contributed by atoms with van der Waals surface area (Å²) < 4.78 is 29.0. The highest BCUT2D eigenvalue weighted by molar-refractivity contribution is 7.90. The van der Waals surface area contributed by atoms with Gasteiger partial charge in [0.2, 0.25) is 5.91 Å². The molecule has 1 heterocycles. The second-order valence-corrected chi connectivity index (χ2v) is 8.11. The number of carbonyl (C=O) groups is 1. The summed E-state index contributed by atoms with van der Waals surface area (Å²) in [5, 5.41) is 2.84. The van der Waals surface area contributed by atoms with Gasteiger partial charge in [-0.25, -0.2) is 0 Å². The maximum Gasteiger partial charge on any atom is 0.284 e. The summed E-state index contributed by atoms with van der Waals surface area (Å²) in [4.78, 5) is 14.2. The van der Waals surface area contributed by atoms with Crippen molar-refractivity contribution in [1.82, 2.24) is 4.90 Å². The van der Waals surface area contributed by atoms with Crippen molar-refractivity contribution in [2.75, 3.05) is 18.9 Å². The van der Waals surface area contributed by atoms with Crippen molar-refractivity contribution in [2.24, 2.45) is 10.3 Å². The quantitative estimate of drug-likeness (QED) is 0.906. The second-order valence-electron chi connectivity index (χ2n) is 6.51. The number of amidine groups is 1. The summed E-state index contributed by atoms with van der Waals surface area (Å²) in [6, 6.07) is 6.34. The van der Waals surface area contributed by atoms with Crippen LogP contribution in [0, 0.1) is 5.92 Å². The van der Waals surface area contributed by atoms with E-state index in [0.717, 1.165) is 38.6 Å². The zero-order valence-corrected chi connectivity index (χ0v) is 14.7. The molecule has 1 saturated carbocycles. The molecule has 1 N–H and O–H groups in total. The van der Waals surface area contributed by atoms with Crippen LogP contribution >= 0.6 is 0 Å². The lowest BCUT2D eigenvalue weighted by molar-refractivity contribution is -0.119. The van der Waals surface area contributed by atoms with Gasteiger partial charge in [-0.05, 0) is 37.5 Å². The molecule has 1 amide bonds. The second kappa shape index (κ2) is 6.93. The summed E-state index contributed by atoms with van der Waals surface area (Å²) >= 11 is 0. The number of carbonyl (C=O) groups excluding carboxylic acids is 1. The molecule has 2 aliphatic rings. The molecule has 1 aliphatic carbocycles. The fraction of sp³-hybridized carbons (Fsp3) is 0.529. The Bertz CT molecular complexity index is 752. The topological polar surface area (TPSA) is 78.8 Å². The minimum absolute atomic E-state index is 0.0242. The predicted octanol–water partition coefficient (Wildman–Crippen LogP) is 2.63. The van der Waals surface area contributed by atoms with Crippen LogP contribution in [0.4, 0.5) is 5.69 Å². The van der Waals surface area contributed by atoms with Crippen LogP contribution < -0.4 is 5.32 Å². The van der Waals surface area contributed by atoms with E-state index in [2.05, 4.69) is 9.71 Å². The van der Waals surface area contributed by atoms with Crippen LogP contribution in [0.25, 0.3) is 0 Å². The van der Waals surface area contributed by atoms with Gasteiger partial charge >= 0.3 is 0 Å². The van der Waals surface area contributed by atoms with E-state index in [0.29, 0.717) is 17.9 Å². The third-order valence-electron chi connectivity index (χ3n) is 4.69. The van der Waals surface area contributed by atoms with Gasteiger partial charge in [-0.15, -0.1) is 4.40 Å². The third-order valence-corrected chi connectivity index (χ3v) is 5.99. The van der Waals surface area contributed by atoms with E-state index in [4.69, 9.17) is 0 Å². The highest BCUT2D eigenvalue weighted by atomic mass is 32.2. The monoisotopic (exact) mass is 349 g/mol. The van der Waals surface area contributed by atoms with Crippen molar-refractivity contribution in [2.45, 2.75) is 43.4 Å². The molecule has 0 radical (unpaired) electrons. The molecule has 0 spiro atoms. The van der Waals surface area contributed by atoms with Crippen molar-refractivity contribution in [1.29, 1.82) is 0 Å². The third kappa shape index (κ3) is 3.77. The summed E-state index contributed by atoms with van der Waals surface area (Å²) in [5.41, 5.74) is 0.507. The minimum atomic E-state index is -3.76. The zero-order chi connectivity index (χ0) is 17.2. The van der Waals surface area contributed by atoms with Gasteiger partial charge in [0.15, 0.2) is 0 Å². The molecule has 1 aromatic rings. The molecule has 0 aromatic heterocycles. The SMILES string of the molecule is CN1CCCC1=NS(=O)(=O)c1cccc(NC(=O)C2CCCC2)c1. The Morgan fingerprint density at radius 2 is 2.00 bits per heavy atom. The lowest BCUT2D eigenvalue weighted by Crippen LogP contribution is -2.21. The van der Waals surface area contributed by atoms with Crippen LogP contribution in [0.2, 0.25) is 0 Å². The van der Waals surface area contributed by atoms with E-state index in [1.54, 1.807) is 12.1 Å². The lowest BCUT2D eigenvalue weighted by Gasteiger charge is -2.12. The molecule has 7 heteroatoms. The number of amides is 1. The molecule has 6 nitrogen and oxygen atoms in total. The Morgan fingerprint density at radius 1 is 1.25 bits per heavy atom. The maximum absolute atomic E-state index is 12.5. The Kier molecular flexibility index (Phi) is 4.89. The Hall–Kier alpha value is -1.89. The molecule has 24 heavy (non-hydrogen) atoms. The fourth-order valence-electron chi connectivity index (χ4n) is 3.27.